The minimum absolute atomic E-state index is 0.0146. The van der Waals surface area contributed by atoms with Gasteiger partial charge < -0.3 is 9.88 Å². The Kier molecular flexibility index (Phi) is 4.77. The Morgan fingerprint density at radius 2 is 1.96 bits per heavy atom. The summed E-state index contributed by atoms with van der Waals surface area (Å²) in [4.78, 5) is 16.8. The first-order chi connectivity index (χ1) is 11.0. The number of hydrogen-bond acceptors (Lipinski definition) is 4. The fraction of sp³-hybridized carbons (Fsp3) is 0.357. The molecule has 1 saturated heterocycles. The van der Waals surface area contributed by atoms with Crippen LogP contribution in [0.5, 0.6) is 0 Å². The van der Waals surface area contributed by atoms with Crippen LogP contribution in [0.1, 0.15) is 5.56 Å². The average Bonchev–Trinajstić information content (AvgIpc) is 3.19. The highest BCUT2D eigenvalue weighted by molar-refractivity contribution is 7.91. The quantitative estimate of drug-likeness (QED) is 0.888. The van der Waals surface area contributed by atoms with Gasteiger partial charge >= 0.3 is 0 Å². The van der Waals surface area contributed by atoms with Gasteiger partial charge in [0.15, 0.2) is 0 Å². The second-order valence-corrected chi connectivity index (χ2v) is 9.12. The van der Waals surface area contributed by atoms with Crippen molar-refractivity contribution in [2.75, 3.05) is 26.2 Å². The van der Waals surface area contributed by atoms with Crippen LogP contribution in [-0.4, -0.2) is 54.7 Å². The molecular formula is C14H16ClN3O3S2. The number of thiophene rings is 1. The van der Waals surface area contributed by atoms with Gasteiger partial charge in [0.25, 0.3) is 10.0 Å². The zero-order valence-corrected chi connectivity index (χ0v) is 14.6. The zero-order valence-electron chi connectivity index (χ0n) is 12.2. The molecule has 2 aromatic heterocycles. The summed E-state index contributed by atoms with van der Waals surface area (Å²) in [7, 11) is -3.52. The van der Waals surface area contributed by atoms with Crippen LogP contribution in [0.25, 0.3) is 0 Å². The molecule has 2 aromatic rings. The van der Waals surface area contributed by atoms with Gasteiger partial charge in [-0.25, -0.2) is 8.42 Å². The first-order valence-corrected chi connectivity index (χ1v) is 9.75. The number of halogens is 1. The van der Waals surface area contributed by atoms with Crippen LogP contribution in [0.2, 0.25) is 4.34 Å². The average molecular weight is 374 g/mol. The number of amides is 1. The molecule has 0 radical (unpaired) electrons. The lowest BCUT2D eigenvalue weighted by atomic mass is 10.2. The third-order valence-corrected chi connectivity index (χ3v) is 7.35. The molecule has 1 aliphatic heterocycles. The number of piperazine rings is 1. The Balaban J connectivity index is 1.61. The van der Waals surface area contributed by atoms with Crippen molar-refractivity contribution in [1.82, 2.24) is 14.2 Å². The van der Waals surface area contributed by atoms with Crippen LogP contribution in [0.15, 0.2) is 34.8 Å². The minimum Gasteiger partial charge on any atom is -0.367 e. The molecule has 3 heterocycles. The third kappa shape index (κ3) is 3.60. The van der Waals surface area contributed by atoms with Gasteiger partial charge in [0, 0.05) is 38.6 Å². The first kappa shape index (κ1) is 16.5. The topological polar surface area (TPSA) is 73.5 Å². The molecule has 3 rings (SSSR count). The number of aromatic amines is 1. The molecule has 1 amide bonds. The van der Waals surface area contributed by atoms with Crippen LogP contribution in [-0.2, 0) is 21.2 Å². The number of hydrogen-bond donors (Lipinski definition) is 1. The Bertz CT molecular complexity index is 778. The van der Waals surface area contributed by atoms with E-state index in [-0.39, 0.29) is 10.1 Å². The van der Waals surface area contributed by atoms with Crippen LogP contribution >= 0.6 is 22.9 Å². The number of rotatable bonds is 4. The number of aromatic nitrogens is 1. The van der Waals surface area contributed by atoms with E-state index < -0.39 is 10.0 Å². The van der Waals surface area contributed by atoms with Crippen molar-refractivity contribution in [3.63, 3.8) is 0 Å². The lowest BCUT2D eigenvalue weighted by molar-refractivity contribution is -0.131. The summed E-state index contributed by atoms with van der Waals surface area (Å²) in [5.74, 6) is 0.0146. The smallest absolute Gasteiger partial charge is 0.252 e. The van der Waals surface area contributed by atoms with Gasteiger partial charge in [-0.05, 0) is 23.8 Å². The Morgan fingerprint density at radius 3 is 2.52 bits per heavy atom. The Morgan fingerprint density at radius 1 is 1.22 bits per heavy atom. The molecule has 0 spiro atoms. The monoisotopic (exact) mass is 373 g/mol. The summed E-state index contributed by atoms with van der Waals surface area (Å²) in [6, 6.07) is 4.96. The molecule has 0 aromatic carbocycles. The maximum atomic E-state index is 12.5. The number of carbonyl (C=O) groups is 1. The number of nitrogens with one attached hydrogen (secondary N) is 1. The van der Waals surface area contributed by atoms with Crippen molar-refractivity contribution in [2.45, 2.75) is 10.6 Å². The molecule has 6 nitrogen and oxygen atoms in total. The van der Waals surface area contributed by atoms with Gasteiger partial charge in [0.1, 0.15) is 4.21 Å². The van der Waals surface area contributed by atoms with Crippen LogP contribution in [0.3, 0.4) is 0 Å². The maximum absolute atomic E-state index is 12.5. The van der Waals surface area contributed by atoms with Crippen molar-refractivity contribution in [3.8, 4) is 0 Å². The number of carbonyl (C=O) groups excluding carboxylic acids is 1. The summed E-state index contributed by atoms with van der Waals surface area (Å²) in [5, 5.41) is 0. The number of H-pyrrole nitrogens is 1. The molecule has 0 unspecified atom stereocenters. The van der Waals surface area contributed by atoms with E-state index in [0.717, 1.165) is 16.9 Å². The fourth-order valence-corrected chi connectivity index (χ4v) is 5.56. The van der Waals surface area contributed by atoms with Gasteiger partial charge in [0.2, 0.25) is 5.91 Å². The zero-order chi connectivity index (χ0) is 16.4. The van der Waals surface area contributed by atoms with Crippen molar-refractivity contribution >= 4 is 38.9 Å². The Hall–Kier alpha value is -1.35. The molecule has 0 atom stereocenters. The normalized spacial score (nSPS) is 16.7. The summed E-state index contributed by atoms with van der Waals surface area (Å²) >= 11 is 6.87. The standard InChI is InChI=1S/C14H16ClN3O3S2/c15-12-1-2-14(22-12)23(20,21)18-7-5-17(6-8-18)13(19)9-11-3-4-16-10-11/h1-4,10,16H,5-9H2. The number of sulfonamides is 1. The van der Waals surface area contributed by atoms with Crippen LogP contribution in [0, 0.1) is 0 Å². The van der Waals surface area contributed by atoms with Gasteiger partial charge in [0.05, 0.1) is 10.8 Å². The highest BCUT2D eigenvalue weighted by Gasteiger charge is 2.31. The summed E-state index contributed by atoms with van der Waals surface area (Å²) < 4.78 is 27.1. The van der Waals surface area contributed by atoms with E-state index in [0.29, 0.717) is 36.9 Å². The maximum Gasteiger partial charge on any atom is 0.252 e. The summed E-state index contributed by atoms with van der Waals surface area (Å²) in [6.07, 6.45) is 3.90. The molecule has 0 aliphatic carbocycles. The SMILES string of the molecule is O=C(Cc1cc[nH]c1)N1CCN(S(=O)(=O)c2ccc(Cl)s2)CC1. The Labute approximate surface area is 143 Å². The molecule has 0 bridgehead atoms. The molecule has 1 N–H and O–H groups in total. The van der Waals surface area contributed by atoms with Gasteiger partial charge in [-0.1, -0.05) is 11.6 Å². The van der Waals surface area contributed by atoms with Crippen molar-refractivity contribution in [2.24, 2.45) is 0 Å². The van der Waals surface area contributed by atoms with Gasteiger partial charge in [-0.15, -0.1) is 11.3 Å². The molecular weight excluding hydrogens is 358 g/mol. The predicted molar refractivity (Wildman–Crippen MR) is 89.2 cm³/mol. The summed E-state index contributed by atoms with van der Waals surface area (Å²) in [5.41, 5.74) is 0.929. The van der Waals surface area contributed by atoms with Crippen molar-refractivity contribution in [3.05, 3.63) is 40.5 Å². The highest BCUT2D eigenvalue weighted by atomic mass is 35.5. The molecule has 0 saturated carbocycles. The van der Waals surface area contributed by atoms with Crippen molar-refractivity contribution in [1.29, 1.82) is 0 Å². The lowest BCUT2D eigenvalue weighted by Gasteiger charge is -2.33. The van der Waals surface area contributed by atoms with E-state index in [9.17, 15) is 13.2 Å². The number of nitrogens with zero attached hydrogens (tertiary/aromatic N) is 2. The molecule has 9 heteroatoms. The first-order valence-electron chi connectivity index (χ1n) is 7.12. The van der Waals surface area contributed by atoms with Crippen LogP contribution < -0.4 is 0 Å². The van der Waals surface area contributed by atoms with E-state index in [1.54, 1.807) is 23.4 Å². The van der Waals surface area contributed by atoms with E-state index in [1.165, 1.54) is 10.4 Å². The second kappa shape index (κ2) is 6.64. The molecule has 124 valence electrons. The molecule has 1 fully saturated rings. The summed E-state index contributed by atoms with van der Waals surface area (Å²) in [6.45, 7) is 1.41. The minimum atomic E-state index is -3.52. The van der Waals surface area contributed by atoms with E-state index >= 15 is 0 Å². The third-order valence-electron chi connectivity index (χ3n) is 3.75. The van der Waals surface area contributed by atoms with E-state index in [4.69, 9.17) is 11.6 Å². The largest absolute Gasteiger partial charge is 0.367 e. The highest BCUT2D eigenvalue weighted by Crippen LogP contribution is 2.28. The predicted octanol–water partition coefficient (Wildman–Crippen LogP) is 1.81. The van der Waals surface area contributed by atoms with Crippen LogP contribution in [0.4, 0.5) is 0 Å². The lowest BCUT2D eigenvalue weighted by Crippen LogP contribution is -2.50. The van der Waals surface area contributed by atoms with Gasteiger partial charge in [-0.2, -0.15) is 4.31 Å². The molecule has 23 heavy (non-hydrogen) atoms. The second-order valence-electron chi connectivity index (χ2n) is 5.24. The van der Waals surface area contributed by atoms with E-state index in [2.05, 4.69) is 4.98 Å². The van der Waals surface area contributed by atoms with Gasteiger partial charge in [-0.3, -0.25) is 4.79 Å². The fourth-order valence-electron chi connectivity index (χ4n) is 2.50. The van der Waals surface area contributed by atoms with E-state index in [1.807, 2.05) is 6.07 Å². The molecule has 1 aliphatic rings. The van der Waals surface area contributed by atoms with Crippen molar-refractivity contribution < 1.29 is 13.2 Å².